The minimum absolute atomic E-state index is 0.0538. The summed E-state index contributed by atoms with van der Waals surface area (Å²) in [6.07, 6.45) is 2.38. The van der Waals surface area contributed by atoms with Gasteiger partial charge in [0, 0.05) is 25.0 Å². The predicted molar refractivity (Wildman–Crippen MR) is 51.4 cm³/mol. The summed E-state index contributed by atoms with van der Waals surface area (Å²) in [5.74, 6) is 0.277. The number of likely N-dealkylation sites (N-methyl/N-ethyl adjacent to an activating group) is 1. The molecule has 3 heteroatoms. The van der Waals surface area contributed by atoms with E-state index in [1.54, 1.807) is 0 Å². The van der Waals surface area contributed by atoms with Crippen molar-refractivity contribution in [2.24, 2.45) is 5.41 Å². The molecule has 0 aromatic rings. The van der Waals surface area contributed by atoms with Crippen LogP contribution in [0.5, 0.6) is 0 Å². The fourth-order valence-electron chi connectivity index (χ4n) is 1.88. The zero-order valence-electron chi connectivity index (χ0n) is 8.63. The molecule has 3 nitrogen and oxygen atoms in total. The number of nitrogens with zero attached hydrogens (tertiary/aromatic N) is 1. The Morgan fingerprint density at radius 2 is 2.08 bits per heavy atom. The van der Waals surface area contributed by atoms with Crippen molar-refractivity contribution in [2.75, 3.05) is 13.6 Å². The molecular weight excluding hydrogens is 164 g/mol. The zero-order chi connectivity index (χ0) is 9.64. The molecule has 2 fully saturated rings. The van der Waals surface area contributed by atoms with Crippen LogP contribution in [0.25, 0.3) is 0 Å². The molecule has 74 valence electrons. The number of carbonyl (C=O) groups is 1. The number of nitrogens with one attached hydrogen (secondary N) is 1. The first-order valence-electron chi connectivity index (χ1n) is 5.02. The molecule has 1 atom stereocenters. The molecule has 2 rings (SSSR count). The first kappa shape index (κ1) is 9.00. The number of hydrogen-bond donors (Lipinski definition) is 1. The van der Waals surface area contributed by atoms with Crippen LogP contribution in [0.2, 0.25) is 0 Å². The molecule has 13 heavy (non-hydrogen) atoms. The largest absolute Gasteiger partial charge is 0.341 e. The lowest BCUT2D eigenvalue weighted by molar-refractivity contribution is -0.139. The van der Waals surface area contributed by atoms with Gasteiger partial charge in [-0.2, -0.15) is 0 Å². The van der Waals surface area contributed by atoms with Crippen LogP contribution >= 0.6 is 0 Å². The van der Waals surface area contributed by atoms with Crippen LogP contribution in [-0.2, 0) is 4.79 Å². The summed E-state index contributed by atoms with van der Waals surface area (Å²) >= 11 is 0. The van der Waals surface area contributed by atoms with Crippen LogP contribution in [0.4, 0.5) is 0 Å². The van der Waals surface area contributed by atoms with E-state index in [1.807, 2.05) is 11.9 Å². The monoisotopic (exact) mass is 182 g/mol. The van der Waals surface area contributed by atoms with Crippen LogP contribution in [-0.4, -0.2) is 36.5 Å². The standard InChI is InChI=1S/C10H18N2O/c1-10(2)6-11-8(10)9(13)12(3)7-4-5-7/h7-8,11H,4-6H2,1-3H3. The molecule has 1 aliphatic carbocycles. The smallest absolute Gasteiger partial charge is 0.240 e. The number of hydrogen-bond acceptors (Lipinski definition) is 2. The van der Waals surface area contributed by atoms with Crippen LogP contribution in [0.1, 0.15) is 26.7 Å². The third-order valence-electron chi connectivity index (χ3n) is 3.23. The topological polar surface area (TPSA) is 32.3 Å². The Labute approximate surface area is 79.5 Å². The maximum atomic E-state index is 11.9. The van der Waals surface area contributed by atoms with E-state index in [2.05, 4.69) is 19.2 Å². The van der Waals surface area contributed by atoms with Gasteiger partial charge in [0.05, 0.1) is 6.04 Å². The highest BCUT2D eigenvalue weighted by Gasteiger charge is 2.46. The third kappa shape index (κ3) is 1.46. The zero-order valence-corrected chi connectivity index (χ0v) is 8.63. The molecule has 0 aromatic heterocycles. The minimum atomic E-state index is 0.0538. The molecule has 1 saturated heterocycles. The van der Waals surface area contributed by atoms with E-state index < -0.39 is 0 Å². The van der Waals surface area contributed by atoms with E-state index in [4.69, 9.17) is 0 Å². The van der Waals surface area contributed by atoms with Crippen molar-refractivity contribution in [3.8, 4) is 0 Å². The van der Waals surface area contributed by atoms with Crippen LogP contribution in [0.15, 0.2) is 0 Å². The number of carbonyl (C=O) groups excluding carboxylic acids is 1. The van der Waals surface area contributed by atoms with E-state index in [-0.39, 0.29) is 17.4 Å². The van der Waals surface area contributed by atoms with E-state index in [1.165, 1.54) is 12.8 Å². The maximum absolute atomic E-state index is 11.9. The third-order valence-corrected chi connectivity index (χ3v) is 3.23. The van der Waals surface area contributed by atoms with Crippen molar-refractivity contribution < 1.29 is 4.79 Å². The lowest BCUT2D eigenvalue weighted by Crippen LogP contribution is -2.66. The van der Waals surface area contributed by atoms with Crippen molar-refractivity contribution in [2.45, 2.75) is 38.8 Å². The summed E-state index contributed by atoms with van der Waals surface area (Å²) in [6, 6.07) is 0.587. The van der Waals surface area contributed by atoms with Crippen LogP contribution in [0, 0.1) is 5.41 Å². The van der Waals surface area contributed by atoms with Crippen molar-refractivity contribution in [1.29, 1.82) is 0 Å². The van der Waals surface area contributed by atoms with Crippen LogP contribution < -0.4 is 5.32 Å². The van der Waals surface area contributed by atoms with E-state index in [0.29, 0.717) is 6.04 Å². The summed E-state index contributed by atoms with van der Waals surface area (Å²) in [5.41, 5.74) is 0.153. The Kier molecular flexibility index (Phi) is 1.88. The SMILES string of the molecule is CN(C(=O)C1NCC1(C)C)C1CC1. The van der Waals surface area contributed by atoms with Gasteiger partial charge in [0.15, 0.2) is 0 Å². The maximum Gasteiger partial charge on any atom is 0.240 e. The van der Waals surface area contributed by atoms with Crippen LogP contribution in [0.3, 0.4) is 0 Å². The van der Waals surface area contributed by atoms with Crippen molar-refractivity contribution >= 4 is 5.91 Å². The lowest BCUT2D eigenvalue weighted by Gasteiger charge is -2.45. The molecule has 0 aromatic carbocycles. The van der Waals surface area contributed by atoms with Gasteiger partial charge in [0.1, 0.15) is 0 Å². The normalized spacial score (nSPS) is 30.8. The molecule has 0 radical (unpaired) electrons. The van der Waals surface area contributed by atoms with Gasteiger partial charge in [0.2, 0.25) is 5.91 Å². The summed E-state index contributed by atoms with van der Waals surface area (Å²) in [7, 11) is 1.93. The van der Waals surface area contributed by atoms with E-state index in [9.17, 15) is 4.79 Å². The predicted octanol–water partition coefficient (Wildman–Crippen LogP) is 0.605. The molecule has 0 spiro atoms. The molecule has 0 bridgehead atoms. The molecule has 1 unspecified atom stereocenters. The molecule has 1 aliphatic heterocycles. The van der Waals surface area contributed by atoms with Gasteiger partial charge in [-0.1, -0.05) is 13.8 Å². The van der Waals surface area contributed by atoms with Gasteiger partial charge in [-0.15, -0.1) is 0 Å². The van der Waals surface area contributed by atoms with E-state index in [0.717, 1.165) is 6.54 Å². The van der Waals surface area contributed by atoms with Gasteiger partial charge in [-0.3, -0.25) is 4.79 Å². The average Bonchev–Trinajstić information content (AvgIpc) is 2.83. The Morgan fingerprint density at radius 3 is 2.38 bits per heavy atom. The molecule has 1 saturated carbocycles. The highest BCUT2D eigenvalue weighted by Crippen LogP contribution is 2.32. The van der Waals surface area contributed by atoms with Crippen molar-refractivity contribution in [3.05, 3.63) is 0 Å². The average molecular weight is 182 g/mol. The summed E-state index contributed by atoms with van der Waals surface area (Å²) in [5, 5.41) is 3.21. The number of amides is 1. The van der Waals surface area contributed by atoms with Gasteiger partial charge in [-0.25, -0.2) is 0 Å². The fourth-order valence-corrected chi connectivity index (χ4v) is 1.88. The second kappa shape index (κ2) is 2.71. The molecule has 2 aliphatic rings. The molecule has 1 amide bonds. The number of rotatable bonds is 2. The Morgan fingerprint density at radius 1 is 1.46 bits per heavy atom. The quantitative estimate of drug-likeness (QED) is 0.678. The first-order chi connectivity index (χ1) is 6.02. The molecular formula is C10H18N2O. The Bertz CT molecular complexity index is 233. The highest BCUT2D eigenvalue weighted by molar-refractivity contribution is 5.84. The molecule has 1 N–H and O–H groups in total. The molecule has 1 heterocycles. The Balaban J connectivity index is 1.96. The van der Waals surface area contributed by atoms with Crippen molar-refractivity contribution in [3.63, 3.8) is 0 Å². The summed E-state index contributed by atoms with van der Waals surface area (Å²) in [4.78, 5) is 13.8. The summed E-state index contributed by atoms with van der Waals surface area (Å²) < 4.78 is 0. The highest BCUT2D eigenvalue weighted by atomic mass is 16.2. The fraction of sp³-hybridized carbons (Fsp3) is 0.900. The van der Waals surface area contributed by atoms with Gasteiger partial charge in [0.25, 0.3) is 0 Å². The van der Waals surface area contributed by atoms with Gasteiger partial charge in [-0.05, 0) is 12.8 Å². The van der Waals surface area contributed by atoms with Gasteiger partial charge < -0.3 is 10.2 Å². The van der Waals surface area contributed by atoms with Crippen molar-refractivity contribution in [1.82, 2.24) is 10.2 Å². The second-order valence-electron chi connectivity index (χ2n) is 4.98. The van der Waals surface area contributed by atoms with Gasteiger partial charge >= 0.3 is 0 Å². The summed E-state index contributed by atoms with van der Waals surface area (Å²) in [6.45, 7) is 5.25. The second-order valence-corrected chi connectivity index (χ2v) is 4.98. The first-order valence-corrected chi connectivity index (χ1v) is 5.02. The lowest BCUT2D eigenvalue weighted by atomic mass is 9.76. The minimum Gasteiger partial charge on any atom is -0.341 e. The Hall–Kier alpha value is -0.570. The van der Waals surface area contributed by atoms with E-state index >= 15 is 0 Å².